The van der Waals surface area contributed by atoms with Crippen LogP contribution in [0.5, 0.6) is 11.5 Å². The quantitative estimate of drug-likeness (QED) is 0.337. The number of benzene rings is 2. The zero-order chi connectivity index (χ0) is 27.2. The maximum absolute atomic E-state index is 13.7. The van der Waals surface area contributed by atoms with Crippen LogP contribution in [0.3, 0.4) is 0 Å². The van der Waals surface area contributed by atoms with E-state index in [0.29, 0.717) is 51.1 Å². The lowest BCUT2D eigenvalue weighted by Gasteiger charge is -2.39. The molecule has 1 aliphatic heterocycles. The van der Waals surface area contributed by atoms with Crippen LogP contribution in [0, 0.1) is 11.6 Å². The fourth-order valence-electron chi connectivity index (χ4n) is 3.95. The van der Waals surface area contributed by atoms with Crippen LogP contribution in [0.15, 0.2) is 53.5 Å². The minimum Gasteiger partial charge on any atom is -0.493 e. The van der Waals surface area contributed by atoms with Crippen molar-refractivity contribution in [3.8, 4) is 27.8 Å². The molecule has 0 unspecified atom stereocenters. The number of carbonyl (C=O) groups excluding carboxylic acids is 1. The Morgan fingerprint density at radius 1 is 1.05 bits per heavy atom. The zero-order valence-corrected chi connectivity index (χ0v) is 22.0. The predicted molar refractivity (Wildman–Crippen MR) is 139 cm³/mol. The number of halogens is 2. The highest BCUT2D eigenvalue weighted by atomic mass is 32.1. The van der Waals surface area contributed by atoms with Gasteiger partial charge >= 0.3 is 6.09 Å². The lowest BCUT2D eigenvalue weighted by molar-refractivity contribution is -0.0226. The van der Waals surface area contributed by atoms with Gasteiger partial charge in [0.2, 0.25) is 0 Å². The Labute approximate surface area is 221 Å². The van der Waals surface area contributed by atoms with Crippen molar-refractivity contribution >= 4 is 27.6 Å². The molecule has 1 amide bonds. The molecule has 2 aromatic heterocycles. The summed E-state index contributed by atoms with van der Waals surface area (Å²) in [6.07, 6.45) is 0.998. The van der Waals surface area contributed by atoms with Gasteiger partial charge in [-0.3, -0.25) is 9.36 Å². The molecule has 0 bridgehead atoms. The number of hydrogen-bond acceptors (Lipinski definition) is 7. The van der Waals surface area contributed by atoms with Gasteiger partial charge in [0.15, 0.2) is 23.1 Å². The summed E-state index contributed by atoms with van der Waals surface area (Å²) in [5.74, 6) is -1.01. The predicted octanol–water partition coefficient (Wildman–Crippen LogP) is 5.40. The number of pyridine rings is 1. The number of hydrogen-bond donors (Lipinski definition) is 0. The minimum absolute atomic E-state index is 0.215. The SMILES string of the molecule is COc1cc(-n2ccc3nc(-c4ccc(F)c(F)c4)sc3c2=O)ccc1OC1CN(C(=O)OC(C)(C)C)C1. The van der Waals surface area contributed by atoms with E-state index in [-0.39, 0.29) is 17.8 Å². The van der Waals surface area contributed by atoms with Gasteiger partial charge in [-0.1, -0.05) is 0 Å². The first-order chi connectivity index (χ1) is 18.0. The molecule has 4 aromatic rings. The number of methoxy groups -OCH3 is 1. The van der Waals surface area contributed by atoms with Gasteiger partial charge in [-0.05, 0) is 57.2 Å². The number of amides is 1. The normalized spacial score (nSPS) is 13.9. The number of likely N-dealkylation sites (tertiary alicyclic amines) is 1. The van der Waals surface area contributed by atoms with E-state index >= 15 is 0 Å². The van der Waals surface area contributed by atoms with E-state index in [2.05, 4.69) is 4.98 Å². The average Bonchev–Trinajstić information content (AvgIpc) is 3.27. The second-order valence-corrected chi connectivity index (χ2v) is 10.8. The Morgan fingerprint density at radius 2 is 1.82 bits per heavy atom. The number of fused-ring (bicyclic) bond motifs is 1. The maximum atomic E-state index is 13.7. The molecule has 0 aliphatic carbocycles. The van der Waals surface area contributed by atoms with Crippen LogP contribution in [0.25, 0.3) is 26.5 Å². The molecular formula is C27H25F2N3O5S. The number of aromatic nitrogens is 2. The summed E-state index contributed by atoms with van der Waals surface area (Å²) >= 11 is 1.11. The molecule has 3 heterocycles. The number of carbonyl (C=O) groups is 1. The van der Waals surface area contributed by atoms with Gasteiger partial charge in [-0.2, -0.15) is 0 Å². The van der Waals surface area contributed by atoms with Crippen LogP contribution in [0.1, 0.15) is 20.8 Å². The highest BCUT2D eigenvalue weighted by Crippen LogP contribution is 2.33. The minimum atomic E-state index is -0.979. The van der Waals surface area contributed by atoms with Crippen LogP contribution in [-0.2, 0) is 4.74 Å². The van der Waals surface area contributed by atoms with Gasteiger partial charge in [-0.15, -0.1) is 11.3 Å². The molecule has 0 spiro atoms. The molecule has 8 nitrogen and oxygen atoms in total. The molecule has 1 saturated heterocycles. The van der Waals surface area contributed by atoms with Crippen molar-refractivity contribution in [1.29, 1.82) is 0 Å². The van der Waals surface area contributed by atoms with Crippen molar-refractivity contribution < 1.29 is 27.8 Å². The summed E-state index contributed by atoms with van der Waals surface area (Å²) in [5, 5.41) is 0.413. The summed E-state index contributed by atoms with van der Waals surface area (Å²) in [6.45, 7) is 6.22. The first kappa shape index (κ1) is 25.7. The molecule has 5 rings (SSSR count). The second kappa shape index (κ2) is 9.71. The van der Waals surface area contributed by atoms with Crippen LogP contribution < -0.4 is 15.0 Å². The molecule has 1 fully saturated rings. The van der Waals surface area contributed by atoms with E-state index in [1.807, 2.05) is 20.8 Å². The molecule has 1 aliphatic rings. The van der Waals surface area contributed by atoms with Crippen molar-refractivity contribution in [1.82, 2.24) is 14.5 Å². The molecular weight excluding hydrogens is 516 g/mol. The van der Waals surface area contributed by atoms with Crippen LogP contribution in [-0.4, -0.2) is 52.4 Å². The standard InChI is InChI=1S/C27H25F2N3O5S/c1-27(2,3)37-26(34)31-13-17(14-31)36-21-8-6-16(12-22(21)35-4)32-10-9-20-23(25(32)33)38-24(30-20)15-5-7-18(28)19(29)11-15/h5-12,17H,13-14H2,1-4H3. The van der Waals surface area contributed by atoms with Crippen molar-refractivity contribution in [2.24, 2.45) is 0 Å². The summed E-state index contributed by atoms with van der Waals surface area (Å²) in [5.41, 5.74) is 0.523. The lowest BCUT2D eigenvalue weighted by atomic mass is 10.1. The second-order valence-electron chi connectivity index (χ2n) is 9.81. The third-order valence-corrected chi connectivity index (χ3v) is 6.94. The molecule has 2 aromatic carbocycles. The Hall–Kier alpha value is -3.99. The van der Waals surface area contributed by atoms with Gasteiger partial charge in [0.1, 0.15) is 21.4 Å². The Morgan fingerprint density at radius 3 is 2.50 bits per heavy atom. The van der Waals surface area contributed by atoms with Gasteiger partial charge in [0.25, 0.3) is 5.56 Å². The third-order valence-electron chi connectivity index (χ3n) is 5.83. The highest BCUT2D eigenvalue weighted by Gasteiger charge is 2.35. The van der Waals surface area contributed by atoms with Crippen molar-refractivity contribution in [3.63, 3.8) is 0 Å². The van der Waals surface area contributed by atoms with Gasteiger partial charge in [0, 0.05) is 17.8 Å². The summed E-state index contributed by atoms with van der Waals surface area (Å²) in [4.78, 5) is 31.4. The highest BCUT2D eigenvalue weighted by molar-refractivity contribution is 7.21. The Kier molecular flexibility index (Phi) is 6.56. The summed E-state index contributed by atoms with van der Waals surface area (Å²) in [6, 6.07) is 10.3. The fourth-order valence-corrected chi connectivity index (χ4v) is 4.93. The van der Waals surface area contributed by atoms with Crippen molar-refractivity contribution in [2.75, 3.05) is 20.2 Å². The van der Waals surface area contributed by atoms with E-state index in [1.165, 1.54) is 17.7 Å². The number of rotatable bonds is 5. The molecule has 0 radical (unpaired) electrons. The van der Waals surface area contributed by atoms with E-state index in [0.717, 1.165) is 23.5 Å². The molecule has 11 heteroatoms. The monoisotopic (exact) mass is 541 g/mol. The van der Waals surface area contributed by atoms with Crippen LogP contribution >= 0.6 is 11.3 Å². The largest absolute Gasteiger partial charge is 0.493 e. The lowest BCUT2D eigenvalue weighted by Crippen LogP contribution is -2.57. The molecule has 0 N–H and O–H groups in total. The van der Waals surface area contributed by atoms with E-state index < -0.39 is 17.2 Å². The van der Waals surface area contributed by atoms with Crippen molar-refractivity contribution in [3.05, 3.63) is 70.6 Å². The first-order valence-corrected chi connectivity index (χ1v) is 12.6. The topological polar surface area (TPSA) is 82.9 Å². The number of nitrogens with zero attached hydrogens (tertiary/aromatic N) is 3. The first-order valence-electron chi connectivity index (χ1n) is 11.8. The van der Waals surface area contributed by atoms with Gasteiger partial charge in [-0.25, -0.2) is 18.6 Å². The van der Waals surface area contributed by atoms with Gasteiger partial charge in [0.05, 0.1) is 31.4 Å². The Bertz CT molecular complexity index is 1590. The van der Waals surface area contributed by atoms with E-state index in [4.69, 9.17) is 14.2 Å². The average molecular weight is 542 g/mol. The Balaban J connectivity index is 1.35. The number of thiazole rings is 1. The van der Waals surface area contributed by atoms with Crippen LogP contribution in [0.2, 0.25) is 0 Å². The van der Waals surface area contributed by atoms with Crippen molar-refractivity contribution in [2.45, 2.75) is 32.5 Å². The zero-order valence-electron chi connectivity index (χ0n) is 21.2. The molecule has 198 valence electrons. The maximum Gasteiger partial charge on any atom is 0.410 e. The van der Waals surface area contributed by atoms with Gasteiger partial charge < -0.3 is 19.1 Å². The smallest absolute Gasteiger partial charge is 0.410 e. The third kappa shape index (κ3) is 5.06. The molecule has 0 saturated carbocycles. The summed E-state index contributed by atoms with van der Waals surface area (Å²) < 4.78 is 45.7. The number of ether oxygens (including phenoxy) is 3. The van der Waals surface area contributed by atoms with E-state index in [1.54, 1.807) is 35.4 Å². The molecule has 0 atom stereocenters. The fraction of sp³-hybridized carbons (Fsp3) is 0.296. The summed E-state index contributed by atoms with van der Waals surface area (Å²) in [7, 11) is 1.50. The molecule has 38 heavy (non-hydrogen) atoms. The van der Waals surface area contributed by atoms with Crippen LogP contribution in [0.4, 0.5) is 13.6 Å². The van der Waals surface area contributed by atoms with E-state index in [9.17, 15) is 18.4 Å².